The Hall–Kier alpha value is -2.87. The Labute approximate surface area is 318 Å². The van der Waals surface area contributed by atoms with E-state index in [1.807, 2.05) is 30.3 Å². The summed E-state index contributed by atoms with van der Waals surface area (Å²) >= 11 is 0.493. The standard InChI is InChI=1S/C21H25.C15H8F6.C5H5.2ClH.Hf/c1-20(2,3)16-9-7-14-11-15-8-10-17(21(4,5)6)13-19(15)18(14)12-16;16-14(17,18)12-5-1-10(2-6-12)9-11-3-7-13(8-4-11)15(19,20)21;1-2-4-5-3-1;;;/h7,9-10,12-13H,11H2,1-6H3;1-8H;1-5H;2*1H;/q-1;;-1;;;+2/p-2. The zero-order chi connectivity index (χ0) is 35.5. The first-order valence-corrected chi connectivity index (χ1v) is 17.3. The number of benzene rings is 4. The molecule has 0 aliphatic heterocycles. The van der Waals surface area contributed by atoms with Gasteiger partial charge in [0.2, 0.25) is 0 Å². The van der Waals surface area contributed by atoms with E-state index in [1.54, 1.807) is 0 Å². The molecule has 9 heteroatoms. The molecule has 0 radical (unpaired) electrons. The molecule has 5 aromatic rings. The quantitative estimate of drug-likeness (QED) is 0.116. The summed E-state index contributed by atoms with van der Waals surface area (Å²) in [5.74, 6) is 0. The fraction of sp³-hybridized carbons (Fsp3) is 0.268. The monoisotopic (exact) mass is 894 g/mol. The number of alkyl halides is 6. The molecular formula is C41H38Cl2F6Hf-2. The Bertz CT molecular complexity index is 1690. The number of halogens is 8. The maximum Gasteiger partial charge on any atom is -0.172 e. The van der Waals surface area contributed by atoms with Crippen molar-refractivity contribution in [2.45, 2.75) is 71.1 Å². The van der Waals surface area contributed by atoms with Crippen LogP contribution in [0.25, 0.3) is 11.1 Å². The Morgan fingerprint density at radius 1 is 0.600 bits per heavy atom. The molecular weight excluding hydrogens is 856 g/mol. The van der Waals surface area contributed by atoms with E-state index >= 15 is 0 Å². The zero-order valence-electron chi connectivity index (χ0n) is 28.6. The molecule has 0 nitrogen and oxygen atoms in total. The van der Waals surface area contributed by atoms with Crippen molar-refractivity contribution in [2.75, 3.05) is 0 Å². The van der Waals surface area contributed by atoms with Gasteiger partial charge in [0.1, 0.15) is 0 Å². The van der Waals surface area contributed by atoms with Crippen molar-refractivity contribution in [3.05, 3.63) is 160 Å². The second kappa shape index (κ2) is 17.1. The van der Waals surface area contributed by atoms with Crippen LogP contribution < -0.4 is 24.8 Å². The third kappa shape index (κ3) is 11.3. The molecule has 1 aliphatic rings. The summed E-state index contributed by atoms with van der Waals surface area (Å²) < 4.78 is 75.7. The van der Waals surface area contributed by atoms with Gasteiger partial charge in [-0.15, -0.1) is 5.56 Å². The molecule has 0 aromatic heterocycles. The summed E-state index contributed by atoms with van der Waals surface area (Å²) in [6, 6.07) is 34.3. The summed E-state index contributed by atoms with van der Waals surface area (Å²) in [6.07, 6.45) is -7.78. The minimum atomic E-state index is -4.40. The predicted molar refractivity (Wildman–Crippen MR) is 179 cm³/mol. The maximum atomic E-state index is 12.5. The van der Waals surface area contributed by atoms with Crippen LogP contribution in [0.4, 0.5) is 26.3 Å². The van der Waals surface area contributed by atoms with E-state index in [9.17, 15) is 26.3 Å². The molecule has 5 aromatic carbocycles. The van der Waals surface area contributed by atoms with E-state index in [-0.39, 0.29) is 35.6 Å². The first-order chi connectivity index (χ1) is 22.2. The second-order valence-electron chi connectivity index (χ2n) is 13.8. The van der Waals surface area contributed by atoms with Crippen molar-refractivity contribution >= 4 is 3.26 Å². The van der Waals surface area contributed by atoms with Gasteiger partial charge in [-0.1, -0.05) is 76.3 Å². The SMILES string of the molecule is CC(C)(C)c1c[c-]c2c(c1)-c1cc(C(C)(C)C)ccc1C2.FC(F)(F)c1ccc([C](=[Hf+2])c2ccc(C(F)(F)F)cc2)cc1.[Cl-].[Cl-].c1cc[cH-]c1. The third-order valence-electron chi connectivity index (χ3n) is 8.08. The normalized spacial score (nSPS) is 12.1. The molecule has 0 amide bonds. The van der Waals surface area contributed by atoms with Crippen molar-refractivity contribution < 1.29 is 75.0 Å². The molecule has 0 atom stereocenters. The van der Waals surface area contributed by atoms with Crippen LogP contribution in [0.3, 0.4) is 0 Å². The average molecular weight is 894 g/mol. The van der Waals surface area contributed by atoms with Crippen LogP contribution in [0, 0.1) is 6.07 Å². The van der Waals surface area contributed by atoms with Gasteiger partial charge in [-0.3, -0.25) is 0 Å². The average Bonchev–Trinajstić information content (AvgIpc) is 3.71. The molecule has 0 spiro atoms. The van der Waals surface area contributed by atoms with E-state index in [4.69, 9.17) is 0 Å². The summed E-state index contributed by atoms with van der Waals surface area (Å²) in [5.41, 5.74) is 8.42. The minimum absolute atomic E-state index is 0. The van der Waals surface area contributed by atoms with Crippen LogP contribution in [-0.4, -0.2) is 3.26 Å². The fourth-order valence-electron chi connectivity index (χ4n) is 5.12. The maximum absolute atomic E-state index is 12.5. The van der Waals surface area contributed by atoms with E-state index in [2.05, 4.69) is 77.9 Å². The van der Waals surface area contributed by atoms with E-state index in [1.165, 1.54) is 57.6 Å². The molecule has 0 saturated heterocycles. The molecule has 50 heavy (non-hydrogen) atoms. The summed E-state index contributed by atoms with van der Waals surface area (Å²) in [6.45, 7) is 13.6. The van der Waals surface area contributed by atoms with Crippen molar-refractivity contribution in [3.63, 3.8) is 0 Å². The molecule has 6 rings (SSSR count). The van der Waals surface area contributed by atoms with Gasteiger partial charge >= 0.3 is 137 Å². The number of rotatable bonds is 2. The summed E-state index contributed by atoms with van der Waals surface area (Å²) in [7, 11) is 0. The largest absolute Gasteiger partial charge is 1.00 e. The van der Waals surface area contributed by atoms with Gasteiger partial charge in [0.15, 0.2) is 0 Å². The molecule has 0 unspecified atom stereocenters. The molecule has 0 heterocycles. The van der Waals surface area contributed by atoms with Crippen LogP contribution in [-0.2, 0) is 53.5 Å². The van der Waals surface area contributed by atoms with Crippen LogP contribution in [0.15, 0.2) is 109 Å². The van der Waals surface area contributed by atoms with Crippen LogP contribution in [0.1, 0.15) is 86.1 Å². The van der Waals surface area contributed by atoms with Gasteiger partial charge in [-0.05, 0) is 17.4 Å². The van der Waals surface area contributed by atoms with Crippen molar-refractivity contribution in [2.24, 2.45) is 0 Å². The van der Waals surface area contributed by atoms with Gasteiger partial charge in [-0.25, -0.2) is 12.1 Å². The Morgan fingerprint density at radius 2 is 1.02 bits per heavy atom. The molecule has 264 valence electrons. The topological polar surface area (TPSA) is 0 Å². The first-order valence-electron chi connectivity index (χ1n) is 15.5. The first kappa shape index (κ1) is 43.3. The number of fused-ring (bicyclic) bond motifs is 3. The fourth-order valence-corrected chi connectivity index (χ4v) is 6.32. The molecule has 0 N–H and O–H groups in total. The van der Waals surface area contributed by atoms with Crippen molar-refractivity contribution in [1.82, 2.24) is 0 Å². The van der Waals surface area contributed by atoms with Gasteiger partial charge in [0, 0.05) is 0 Å². The van der Waals surface area contributed by atoms with Crippen LogP contribution in [0.2, 0.25) is 0 Å². The Kier molecular flexibility index (Phi) is 14.8. The second-order valence-corrected chi connectivity index (χ2v) is 15.6. The van der Waals surface area contributed by atoms with Crippen LogP contribution in [0.5, 0.6) is 0 Å². The van der Waals surface area contributed by atoms with Crippen molar-refractivity contribution in [1.29, 1.82) is 0 Å². The van der Waals surface area contributed by atoms with E-state index < -0.39 is 23.5 Å². The van der Waals surface area contributed by atoms with E-state index in [0.29, 0.717) is 35.0 Å². The van der Waals surface area contributed by atoms with Gasteiger partial charge in [0.05, 0.1) is 0 Å². The van der Waals surface area contributed by atoms with Crippen LogP contribution >= 0.6 is 0 Å². The predicted octanol–water partition coefficient (Wildman–Crippen LogP) is 5.91. The number of hydrogen-bond donors (Lipinski definition) is 0. The molecule has 0 bridgehead atoms. The van der Waals surface area contributed by atoms with E-state index in [0.717, 1.165) is 33.9 Å². The molecule has 0 fully saturated rings. The van der Waals surface area contributed by atoms with Gasteiger partial charge in [-0.2, -0.15) is 47.5 Å². The third-order valence-corrected chi connectivity index (χ3v) is 10.2. The number of hydrogen-bond acceptors (Lipinski definition) is 0. The smallest absolute Gasteiger partial charge is 0.172 e. The molecule has 1 aliphatic carbocycles. The van der Waals surface area contributed by atoms with Gasteiger partial charge < -0.3 is 24.8 Å². The minimum Gasteiger partial charge on any atom is -1.00 e. The Balaban J connectivity index is 0.000000293. The van der Waals surface area contributed by atoms with Gasteiger partial charge in [0.25, 0.3) is 0 Å². The summed E-state index contributed by atoms with van der Waals surface area (Å²) in [4.78, 5) is 0. The van der Waals surface area contributed by atoms with Crippen molar-refractivity contribution in [3.8, 4) is 11.1 Å². The molecule has 0 saturated carbocycles. The Morgan fingerprint density at radius 3 is 1.40 bits per heavy atom. The summed E-state index contributed by atoms with van der Waals surface area (Å²) in [5, 5.41) is 0. The zero-order valence-corrected chi connectivity index (χ0v) is 33.7.